The van der Waals surface area contributed by atoms with Gasteiger partial charge in [-0.1, -0.05) is 6.92 Å². The second kappa shape index (κ2) is 9.34. The van der Waals surface area contributed by atoms with E-state index in [0.717, 1.165) is 39.3 Å². The second-order valence-electron chi connectivity index (χ2n) is 4.86. The Morgan fingerprint density at radius 2 is 2.20 bits per heavy atom. The van der Waals surface area contributed by atoms with Crippen molar-refractivity contribution in [1.29, 1.82) is 5.26 Å². The van der Waals surface area contributed by atoms with Gasteiger partial charge in [-0.25, -0.2) is 0 Å². The van der Waals surface area contributed by atoms with Crippen LogP contribution >= 0.6 is 0 Å². The van der Waals surface area contributed by atoms with Crippen molar-refractivity contribution in [1.82, 2.24) is 15.5 Å². The van der Waals surface area contributed by atoms with Crippen LogP contribution in [-0.2, 0) is 9.53 Å². The number of amides is 1. The Morgan fingerprint density at radius 3 is 2.80 bits per heavy atom. The summed E-state index contributed by atoms with van der Waals surface area (Å²) in [5.41, 5.74) is 0.118. The van der Waals surface area contributed by atoms with Crippen molar-refractivity contribution in [3.05, 3.63) is 11.8 Å². The first-order chi connectivity index (χ1) is 9.67. The molecule has 0 bridgehead atoms. The quantitative estimate of drug-likeness (QED) is 0.516. The molecule has 1 heterocycles. The number of morpholine rings is 1. The van der Waals surface area contributed by atoms with Crippen LogP contribution in [0.4, 0.5) is 0 Å². The molecule has 0 spiro atoms. The first kappa shape index (κ1) is 16.5. The van der Waals surface area contributed by atoms with Crippen LogP contribution in [0.5, 0.6) is 0 Å². The van der Waals surface area contributed by atoms with Crippen molar-refractivity contribution < 1.29 is 9.53 Å². The molecule has 1 aliphatic heterocycles. The maximum Gasteiger partial charge on any atom is 0.263 e. The molecule has 0 aromatic rings. The Hall–Kier alpha value is -1.58. The molecule has 0 aromatic carbocycles. The van der Waals surface area contributed by atoms with E-state index in [4.69, 9.17) is 10.00 Å². The van der Waals surface area contributed by atoms with Crippen molar-refractivity contribution in [3.8, 4) is 6.07 Å². The maximum atomic E-state index is 11.8. The maximum absolute atomic E-state index is 11.8. The third kappa shape index (κ3) is 6.04. The van der Waals surface area contributed by atoms with Gasteiger partial charge < -0.3 is 15.4 Å². The zero-order chi connectivity index (χ0) is 14.8. The fourth-order valence-corrected chi connectivity index (χ4v) is 1.74. The van der Waals surface area contributed by atoms with E-state index in [1.807, 2.05) is 19.9 Å². The number of nitrogens with zero attached hydrogens (tertiary/aromatic N) is 2. The first-order valence-corrected chi connectivity index (χ1v) is 7.12. The largest absolute Gasteiger partial charge is 0.387 e. The van der Waals surface area contributed by atoms with Crippen molar-refractivity contribution in [3.63, 3.8) is 0 Å². The second-order valence-corrected chi connectivity index (χ2v) is 4.86. The minimum atomic E-state index is -0.323. The van der Waals surface area contributed by atoms with Gasteiger partial charge in [0.05, 0.1) is 13.2 Å². The van der Waals surface area contributed by atoms with Gasteiger partial charge in [0.25, 0.3) is 5.91 Å². The molecule has 6 nitrogen and oxygen atoms in total. The monoisotopic (exact) mass is 280 g/mol. The lowest BCUT2D eigenvalue weighted by molar-refractivity contribution is -0.117. The van der Waals surface area contributed by atoms with Crippen LogP contribution in [0.3, 0.4) is 0 Å². The van der Waals surface area contributed by atoms with Gasteiger partial charge in [0.1, 0.15) is 11.6 Å². The Kier molecular flexibility index (Phi) is 7.70. The molecule has 1 amide bonds. The van der Waals surface area contributed by atoms with Crippen LogP contribution in [0.1, 0.15) is 20.3 Å². The number of hydrogen-bond donors (Lipinski definition) is 2. The minimum Gasteiger partial charge on any atom is -0.387 e. The molecule has 0 saturated carbocycles. The number of nitrogens with one attached hydrogen (secondary N) is 2. The highest BCUT2D eigenvalue weighted by Gasteiger charge is 2.12. The molecule has 1 saturated heterocycles. The number of carbonyl (C=O) groups excluding carboxylic acids is 1. The average molecular weight is 280 g/mol. The lowest BCUT2D eigenvalue weighted by Crippen LogP contribution is -2.41. The summed E-state index contributed by atoms with van der Waals surface area (Å²) in [5.74, 6) is -0.323. The molecular formula is C14H24N4O2. The molecule has 1 rings (SSSR count). The molecule has 20 heavy (non-hydrogen) atoms. The molecule has 1 unspecified atom stereocenters. The summed E-state index contributed by atoms with van der Waals surface area (Å²) in [6.07, 6.45) is 2.44. The van der Waals surface area contributed by atoms with Gasteiger partial charge in [0.15, 0.2) is 0 Å². The predicted molar refractivity (Wildman–Crippen MR) is 76.9 cm³/mol. The third-order valence-electron chi connectivity index (χ3n) is 3.31. The minimum absolute atomic E-state index is 0.118. The highest BCUT2D eigenvalue weighted by Crippen LogP contribution is 1.96. The molecule has 0 radical (unpaired) electrons. The zero-order valence-corrected chi connectivity index (χ0v) is 12.3. The Labute approximate surface area is 120 Å². The summed E-state index contributed by atoms with van der Waals surface area (Å²) in [7, 11) is 0. The van der Waals surface area contributed by atoms with E-state index in [1.54, 1.807) is 0 Å². The van der Waals surface area contributed by atoms with Gasteiger partial charge in [-0.3, -0.25) is 9.69 Å². The number of nitriles is 1. The normalized spacial score (nSPS) is 18.1. The zero-order valence-electron chi connectivity index (χ0n) is 12.3. The van der Waals surface area contributed by atoms with Crippen LogP contribution < -0.4 is 10.6 Å². The molecule has 0 aromatic heterocycles. The van der Waals surface area contributed by atoms with E-state index in [1.165, 1.54) is 6.20 Å². The lowest BCUT2D eigenvalue weighted by atomic mass is 10.2. The lowest BCUT2D eigenvalue weighted by Gasteiger charge is -2.26. The summed E-state index contributed by atoms with van der Waals surface area (Å²) >= 11 is 0. The molecule has 112 valence electrons. The molecule has 2 N–H and O–H groups in total. The van der Waals surface area contributed by atoms with Crippen LogP contribution in [0.25, 0.3) is 0 Å². The Bertz CT molecular complexity index is 370. The van der Waals surface area contributed by atoms with Crippen LogP contribution in [-0.4, -0.2) is 56.2 Å². The van der Waals surface area contributed by atoms with Crippen LogP contribution in [0.15, 0.2) is 11.8 Å². The van der Waals surface area contributed by atoms with Gasteiger partial charge in [0.2, 0.25) is 0 Å². The van der Waals surface area contributed by atoms with Crippen molar-refractivity contribution in [2.75, 3.05) is 39.4 Å². The third-order valence-corrected chi connectivity index (χ3v) is 3.31. The number of hydrogen-bond acceptors (Lipinski definition) is 5. The van der Waals surface area contributed by atoms with Gasteiger partial charge in [-0.05, 0) is 13.3 Å². The molecule has 1 atom stereocenters. The van der Waals surface area contributed by atoms with E-state index in [9.17, 15) is 4.79 Å². The fraction of sp³-hybridized carbons (Fsp3) is 0.714. The van der Waals surface area contributed by atoms with E-state index in [2.05, 4.69) is 15.5 Å². The van der Waals surface area contributed by atoms with Gasteiger partial charge in [0, 0.05) is 38.4 Å². The van der Waals surface area contributed by atoms with E-state index in [-0.39, 0.29) is 17.5 Å². The summed E-state index contributed by atoms with van der Waals surface area (Å²) in [5, 5.41) is 14.8. The number of ether oxygens (including phenoxy) is 1. The fourth-order valence-electron chi connectivity index (χ4n) is 1.74. The number of rotatable bonds is 7. The van der Waals surface area contributed by atoms with Crippen molar-refractivity contribution >= 4 is 5.91 Å². The van der Waals surface area contributed by atoms with E-state index >= 15 is 0 Å². The standard InChI is InChI=1S/C14H24N4O2/c1-3-12(2)17-11-13(10-15)14(19)16-4-5-18-6-8-20-9-7-18/h11-12,17H,3-9H2,1-2H3,(H,16,19)/b13-11-. The summed E-state index contributed by atoms with van der Waals surface area (Å²) in [6.45, 7) is 8.65. The summed E-state index contributed by atoms with van der Waals surface area (Å²) in [6, 6.07) is 2.17. The van der Waals surface area contributed by atoms with E-state index < -0.39 is 0 Å². The SMILES string of the molecule is CCC(C)N/C=C(/C#N)C(=O)NCCN1CCOCC1. The topological polar surface area (TPSA) is 77.4 Å². The van der Waals surface area contributed by atoms with Gasteiger partial charge >= 0.3 is 0 Å². The summed E-state index contributed by atoms with van der Waals surface area (Å²) in [4.78, 5) is 14.1. The average Bonchev–Trinajstić information content (AvgIpc) is 2.48. The van der Waals surface area contributed by atoms with Crippen molar-refractivity contribution in [2.45, 2.75) is 26.3 Å². The molecule has 1 fully saturated rings. The molecule has 0 aliphatic carbocycles. The first-order valence-electron chi connectivity index (χ1n) is 7.12. The Balaban J connectivity index is 2.30. The molecule has 6 heteroatoms. The predicted octanol–water partition coefficient (Wildman–Crippen LogP) is 0.230. The Morgan fingerprint density at radius 1 is 1.50 bits per heavy atom. The van der Waals surface area contributed by atoms with Gasteiger partial charge in [-0.15, -0.1) is 0 Å². The number of carbonyl (C=O) groups is 1. The van der Waals surface area contributed by atoms with Crippen molar-refractivity contribution in [2.24, 2.45) is 0 Å². The highest BCUT2D eigenvalue weighted by atomic mass is 16.5. The molecule has 1 aliphatic rings. The highest BCUT2D eigenvalue weighted by molar-refractivity contribution is 5.97. The van der Waals surface area contributed by atoms with Crippen LogP contribution in [0, 0.1) is 11.3 Å². The van der Waals surface area contributed by atoms with Gasteiger partial charge in [-0.2, -0.15) is 5.26 Å². The van der Waals surface area contributed by atoms with E-state index in [0.29, 0.717) is 6.54 Å². The summed E-state index contributed by atoms with van der Waals surface area (Å²) < 4.78 is 5.26. The molecular weight excluding hydrogens is 256 g/mol. The smallest absolute Gasteiger partial charge is 0.263 e. The van der Waals surface area contributed by atoms with Crippen LogP contribution in [0.2, 0.25) is 0 Å².